The van der Waals surface area contributed by atoms with Crippen LogP contribution in [0.15, 0.2) is 70.3 Å². The molecule has 0 fully saturated rings. The summed E-state index contributed by atoms with van der Waals surface area (Å²) >= 11 is 6.33. The molecule has 0 saturated carbocycles. The molecule has 1 aromatic heterocycles. The Morgan fingerprint density at radius 1 is 1.00 bits per heavy atom. The smallest absolute Gasteiger partial charge is 0.271 e. The highest BCUT2D eigenvalue weighted by Gasteiger charge is 2.19. The number of hydrogen-bond donors (Lipinski definition) is 4. The van der Waals surface area contributed by atoms with Gasteiger partial charge in [-0.25, -0.2) is 8.42 Å². The van der Waals surface area contributed by atoms with E-state index < -0.39 is 15.9 Å². The first kappa shape index (κ1) is 23.7. The number of carbonyl (C=O) groups is 1. The molecule has 0 unspecified atom stereocenters. The van der Waals surface area contributed by atoms with Gasteiger partial charge < -0.3 is 5.32 Å². The Balaban J connectivity index is 1.59. The molecule has 168 valence electrons. The lowest BCUT2D eigenvalue weighted by Gasteiger charge is -2.14. The van der Waals surface area contributed by atoms with Gasteiger partial charge >= 0.3 is 0 Å². The van der Waals surface area contributed by atoms with Crippen LogP contribution in [0.1, 0.15) is 35.7 Å². The summed E-state index contributed by atoms with van der Waals surface area (Å²) in [6.07, 6.45) is 3.32. The Morgan fingerprint density at radius 3 is 2.44 bits per heavy atom. The Morgan fingerprint density at radius 2 is 1.75 bits per heavy atom. The molecule has 32 heavy (non-hydrogen) atoms. The highest BCUT2D eigenvalue weighted by atomic mass is 32.2. The number of benzene rings is 2. The first-order valence-electron chi connectivity index (χ1n) is 10.0. The molecule has 0 radical (unpaired) electrons. The van der Waals surface area contributed by atoms with E-state index in [9.17, 15) is 13.2 Å². The lowest BCUT2D eigenvalue weighted by atomic mass is 10.1. The Labute approximate surface area is 197 Å². The number of hydrogen-bond acceptors (Lipinski definition) is 5. The fraction of sp³-hybridized carbons (Fsp3) is 0.182. The number of carbonyl (C=O) groups excluding carboxylic acids is 1. The molecule has 4 N–H and O–H groups in total. The lowest BCUT2D eigenvalue weighted by molar-refractivity contribution is 0.0945. The Kier molecular flexibility index (Phi) is 8.20. The minimum Gasteiger partial charge on any atom is -0.331 e. The number of anilines is 2. The number of thiocarbonyl (C=S) groups is 1. The SMILES string of the molecule is CCCCc1ccc(NC(=S)NNC(=O)c2ccccc2NS(=O)(=O)c2cccs2)cc1. The zero-order valence-electron chi connectivity index (χ0n) is 17.4. The van der Waals surface area contributed by atoms with Crippen LogP contribution in [0.25, 0.3) is 0 Å². The quantitative estimate of drug-likeness (QED) is 0.275. The normalized spacial score (nSPS) is 10.9. The topological polar surface area (TPSA) is 99.3 Å². The summed E-state index contributed by atoms with van der Waals surface area (Å²) in [6, 6.07) is 17.4. The fourth-order valence-electron chi connectivity index (χ4n) is 2.86. The van der Waals surface area contributed by atoms with E-state index in [1.165, 1.54) is 23.8 Å². The van der Waals surface area contributed by atoms with Crippen LogP contribution in [-0.4, -0.2) is 19.4 Å². The maximum Gasteiger partial charge on any atom is 0.271 e. The van der Waals surface area contributed by atoms with Crippen molar-refractivity contribution in [2.24, 2.45) is 0 Å². The molecular weight excluding hydrogens is 464 g/mol. The number of hydrazine groups is 1. The Bertz CT molecular complexity index is 1160. The van der Waals surface area contributed by atoms with E-state index in [1.807, 2.05) is 24.3 Å². The zero-order valence-corrected chi connectivity index (χ0v) is 19.9. The third-order valence-electron chi connectivity index (χ3n) is 4.50. The lowest BCUT2D eigenvalue weighted by Crippen LogP contribution is -2.44. The van der Waals surface area contributed by atoms with Gasteiger partial charge in [0, 0.05) is 5.69 Å². The molecule has 1 amide bonds. The standard InChI is InChI=1S/C22H24N4O3S3/c1-2-3-7-16-11-13-17(14-12-16)23-22(30)25-24-21(27)18-8-4-5-9-19(18)26-32(28,29)20-10-6-15-31-20/h4-6,8-15,26H,2-3,7H2,1H3,(H,24,27)(H2,23,25,30). The van der Waals surface area contributed by atoms with E-state index in [4.69, 9.17) is 12.2 Å². The number of amides is 1. The highest BCUT2D eigenvalue weighted by molar-refractivity contribution is 7.94. The molecular formula is C22H24N4O3S3. The summed E-state index contributed by atoms with van der Waals surface area (Å²) in [5.74, 6) is -0.534. The molecule has 10 heteroatoms. The molecule has 0 bridgehead atoms. The van der Waals surface area contributed by atoms with Crippen molar-refractivity contribution in [1.29, 1.82) is 0 Å². The van der Waals surface area contributed by atoms with Gasteiger partial charge in [0.05, 0.1) is 11.3 Å². The Hall–Kier alpha value is -2.95. The number of para-hydroxylation sites is 1. The van der Waals surface area contributed by atoms with Crippen molar-refractivity contribution >= 4 is 56.0 Å². The van der Waals surface area contributed by atoms with E-state index in [1.54, 1.807) is 23.6 Å². The second-order valence-electron chi connectivity index (χ2n) is 6.92. The number of rotatable bonds is 8. The van der Waals surface area contributed by atoms with Crippen LogP contribution >= 0.6 is 23.6 Å². The number of thiophene rings is 1. The van der Waals surface area contributed by atoms with Gasteiger partial charge in [-0.15, -0.1) is 11.3 Å². The van der Waals surface area contributed by atoms with Crippen molar-refractivity contribution in [2.45, 2.75) is 30.4 Å². The second kappa shape index (κ2) is 11.1. The maximum absolute atomic E-state index is 12.6. The summed E-state index contributed by atoms with van der Waals surface area (Å²) < 4.78 is 27.6. The molecule has 3 rings (SSSR count). The number of sulfonamides is 1. The molecule has 0 saturated heterocycles. The molecule has 1 heterocycles. The van der Waals surface area contributed by atoms with Crippen LogP contribution in [0.4, 0.5) is 11.4 Å². The van der Waals surface area contributed by atoms with E-state index in [0.29, 0.717) is 0 Å². The highest BCUT2D eigenvalue weighted by Crippen LogP contribution is 2.22. The van der Waals surface area contributed by atoms with Crippen LogP contribution in [0.3, 0.4) is 0 Å². The summed E-state index contributed by atoms with van der Waals surface area (Å²) in [5, 5.41) is 4.87. The number of nitrogens with one attached hydrogen (secondary N) is 4. The predicted octanol–water partition coefficient (Wildman–Crippen LogP) is 4.52. The van der Waals surface area contributed by atoms with Gasteiger partial charge in [-0.05, 0) is 66.3 Å². The second-order valence-corrected chi connectivity index (χ2v) is 10.2. The van der Waals surface area contributed by atoms with Gasteiger partial charge in [-0.3, -0.25) is 20.4 Å². The van der Waals surface area contributed by atoms with Crippen LogP contribution in [0.5, 0.6) is 0 Å². The average molecular weight is 489 g/mol. The van der Waals surface area contributed by atoms with Gasteiger partial charge in [0.2, 0.25) is 0 Å². The van der Waals surface area contributed by atoms with Crippen molar-refractivity contribution < 1.29 is 13.2 Å². The van der Waals surface area contributed by atoms with Crippen molar-refractivity contribution in [3.63, 3.8) is 0 Å². The summed E-state index contributed by atoms with van der Waals surface area (Å²) in [4.78, 5) is 12.6. The molecule has 0 spiro atoms. The third-order valence-corrected chi connectivity index (χ3v) is 7.46. The predicted molar refractivity (Wildman–Crippen MR) is 133 cm³/mol. The molecule has 7 nitrogen and oxygen atoms in total. The molecule has 0 aliphatic carbocycles. The van der Waals surface area contributed by atoms with E-state index in [2.05, 4.69) is 27.8 Å². The largest absolute Gasteiger partial charge is 0.331 e. The van der Waals surface area contributed by atoms with Crippen molar-refractivity contribution in [3.05, 3.63) is 77.2 Å². The van der Waals surface area contributed by atoms with Gasteiger partial charge in [-0.2, -0.15) is 0 Å². The average Bonchev–Trinajstić information content (AvgIpc) is 3.33. The van der Waals surface area contributed by atoms with E-state index in [-0.39, 0.29) is 20.6 Å². The minimum absolute atomic E-state index is 0.156. The van der Waals surface area contributed by atoms with Gasteiger partial charge in [0.15, 0.2) is 5.11 Å². The first-order chi connectivity index (χ1) is 15.4. The van der Waals surface area contributed by atoms with E-state index in [0.717, 1.165) is 36.3 Å². The van der Waals surface area contributed by atoms with Crippen molar-refractivity contribution in [2.75, 3.05) is 10.0 Å². The van der Waals surface area contributed by atoms with E-state index >= 15 is 0 Å². The van der Waals surface area contributed by atoms with Gasteiger partial charge in [-0.1, -0.05) is 43.7 Å². The van der Waals surface area contributed by atoms with Gasteiger partial charge in [0.1, 0.15) is 4.21 Å². The zero-order chi connectivity index (χ0) is 23.0. The van der Waals surface area contributed by atoms with Crippen LogP contribution in [0.2, 0.25) is 0 Å². The van der Waals surface area contributed by atoms with Crippen LogP contribution < -0.4 is 20.9 Å². The van der Waals surface area contributed by atoms with Crippen molar-refractivity contribution in [3.8, 4) is 0 Å². The molecule has 0 aliphatic rings. The molecule has 0 aliphatic heterocycles. The number of aryl methyl sites for hydroxylation is 1. The molecule has 3 aromatic rings. The monoisotopic (exact) mass is 488 g/mol. The van der Waals surface area contributed by atoms with Crippen LogP contribution in [0, 0.1) is 0 Å². The summed E-state index contributed by atoms with van der Waals surface area (Å²) in [6.45, 7) is 2.16. The first-order valence-corrected chi connectivity index (χ1v) is 12.8. The third kappa shape index (κ3) is 6.52. The summed E-state index contributed by atoms with van der Waals surface area (Å²) in [5.41, 5.74) is 7.51. The fourth-order valence-corrected chi connectivity index (χ4v) is 5.10. The number of unbranched alkanes of at least 4 members (excludes halogenated alkanes) is 1. The minimum atomic E-state index is -3.78. The summed E-state index contributed by atoms with van der Waals surface area (Å²) in [7, 11) is -3.78. The maximum atomic E-state index is 12.6. The molecule has 2 aromatic carbocycles. The molecule has 0 atom stereocenters. The van der Waals surface area contributed by atoms with Gasteiger partial charge in [0.25, 0.3) is 15.9 Å². The van der Waals surface area contributed by atoms with Crippen molar-refractivity contribution in [1.82, 2.24) is 10.9 Å². The van der Waals surface area contributed by atoms with Crippen LogP contribution in [-0.2, 0) is 16.4 Å².